The molecule has 0 bridgehead atoms. The largest absolute Gasteiger partial charge is 0.453 e. The number of rotatable bonds is 6. The van der Waals surface area contributed by atoms with Crippen LogP contribution in [0.15, 0.2) is 51.2 Å². The molecule has 3 atom stereocenters. The van der Waals surface area contributed by atoms with E-state index in [9.17, 15) is 40.6 Å². The first kappa shape index (κ1) is 34.3. The molecule has 7 rings (SSSR count). The zero-order valence-corrected chi connectivity index (χ0v) is 29.6. The van der Waals surface area contributed by atoms with Crippen LogP contribution in [0.3, 0.4) is 0 Å². The van der Waals surface area contributed by atoms with E-state index in [0.29, 0.717) is 27.3 Å². The maximum atomic E-state index is 13.2. The predicted molar refractivity (Wildman–Crippen MR) is 177 cm³/mol. The van der Waals surface area contributed by atoms with Gasteiger partial charge in [-0.3, -0.25) is 23.7 Å². The summed E-state index contributed by atoms with van der Waals surface area (Å²) in [6, 6.07) is 8.82. The number of carbonyl (C=O) groups is 2. The molecule has 0 aliphatic carbocycles. The van der Waals surface area contributed by atoms with Crippen LogP contribution in [0.4, 0.5) is 5.69 Å². The highest BCUT2D eigenvalue weighted by Gasteiger charge is 2.45. The summed E-state index contributed by atoms with van der Waals surface area (Å²) >= 11 is 0. The lowest BCUT2D eigenvalue weighted by Gasteiger charge is -2.29. The molecule has 3 unspecified atom stereocenters. The van der Waals surface area contributed by atoms with Crippen molar-refractivity contribution in [3.8, 4) is 11.5 Å². The van der Waals surface area contributed by atoms with E-state index in [-0.39, 0.29) is 57.8 Å². The van der Waals surface area contributed by atoms with Crippen molar-refractivity contribution in [1.29, 1.82) is 0 Å². The van der Waals surface area contributed by atoms with Crippen molar-refractivity contribution in [2.45, 2.75) is 93.4 Å². The molecule has 1 saturated heterocycles. The Kier molecular flexibility index (Phi) is 7.47. The lowest BCUT2D eigenvalue weighted by Crippen LogP contribution is -2.33. The van der Waals surface area contributed by atoms with Crippen LogP contribution in [0, 0.1) is 0 Å². The fraction of sp³-hybridized carbons (Fsp3) is 0.382. The number of amides is 2. The van der Waals surface area contributed by atoms with Crippen LogP contribution in [0.2, 0.25) is 0 Å². The quantitative estimate of drug-likeness (QED) is 0.129. The fourth-order valence-corrected chi connectivity index (χ4v) is 8.62. The monoisotopic (exact) mass is 725 g/mol. The molecule has 1 fully saturated rings. The minimum absolute atomic E-state index is 0.0179. The summed E-state index contributed by atoms with van der Waals surface area (Å²) < 4.78 is 80.3. The van der Waals surface area contributed by atoms with E-state index in [4.69, 9.17) is 9.57 Å². The lowest BCUT2D eigenvalue weighted by atomic mass is 9.78. The Morgan fingerprint density at radius 3 is 2.08 bits per heavy atom. The van der Waals surface area contributed by atoms with Gasteiger partial charge >= 0.3 is 0 Å². The Labute approximate surface area is 287 Å². The summed E-state index contributed by atoms with van der Waals surface area (Å²) in [6.45, 7) is 11.3. The molecular weight excluding hydrogens is 691 g/mol. The summed E-state index contributed by atoms with van der Waals surface area (Å²) in [5, 5.41) is 14.6. The fourth-order valence-electron chi connectivity index (χ4n) is 7.02. The Hall–Kier alpha value is -4.19. The van der Waals surface area contributed by atoms with Gasteiger partial charge in [0.2, 0.25) is 6.29 Å². The zero-order chi connectivity index (χ0) is 36.5. The van der Waals surface area contributed by atoms with Crippen LogP contribution >= 0.6 is 0 Å². The molecule has 4 aliphatic rings. The summed E-state index contributed by atoms with van der Waals surface area (Å²) in [5.74, 6) is -1.91. The van der Waals surface area contributed by atoms with Crippen molar-refractivity contribution in [2.24, 2.45) is 4.99 Å². The second-order valence-corrected chi connectivity index (χ2v) is 16.9. The molecule has 0 saturated carbocycles. The molecule has 16 heteroatoms. The third kappa shape index (κ3) is 4.99. The van der Waals surface area contributed by atoms with Crippen molar-refractivity contribution in [3.63, 3.8) is 0 Å². The summed E-state index contributed by atoms with van der Waals surface area (Å²) in [4.78, 5) is 32.7. The van der Waals surface area contributed by atoms with Crippen LogP contribution in [0.25, 0.3) is 5.57 Å². The van der Waals surface area contributed by atoms with Crippen molar-refractivity contribution in [3.05, 3.63) is 74.8 Å². The number of nitrogens with one attached hydrogen (secondary N) is 1. The number of carbonyl (C=O) groups excluding carboxylic acids is 2. The number of hydroxylamine groups is 2. The van der Waals surface area contributed by atoms with E-state index in [1.807, 2.05) is 34.6 Å². The van der Waals surface area contributed by atoms with E-state index in [1.54, 1.807) is 31.2 Å². The second-order valence-electron chi connectivity index (χ2n) is 14.2. The average Bonchev–Trinajstić information content (AvgIpc) is 3.53. The highest BCUT2D eigenvalue weighted by Crippen LogP contribution is 2.52. The molecular formula is C34H35N3O11S2. The SMILES string of the molecule is CC1N=c2c(cc3c(c2S(=O)(=O)O)Oc2c(cc4c(c2S(=O)(=O)O)NC(C)C4(C)C)C=3c2ccc(C(O)ON3C(=O)CCC3=O)cc2)C1(C)C. The van der Waals surface area contributed by atoms with Gasteiger partial charge in [-0.15, -0.1) is 0 Å². The lowest BCUT2D eigenvalue weighted by molar-refractivity contribution is -0.247. The molecule has 4 heterocycles. The normalized spacial score (nSPS) is 22.3. The Balaban J connectivity index is 1.56. The average molecular weight is 726 g/mol. The zero-order valence-electron chi connectivity index (χ0n) is 27.9. The third-order valence-electron chi connectivity index (χ3n) is 10.6. The number of fused-ring (bicyclic) bond motifs is 4. The van der Waals surface area contributed by atoms with Gasteiger partial charge in [0.1, 0.15) is 0 Å². The van der Waals surface area contributed by atoms with Crippen molar-refractivity contribution >= 4 is 43.3 Å². The number of aliphatic hydroxyl groups excluding tert-OH is 1. The standard InChI is InChI=1S/C34H35N3O11S2/c1-15-33(3,4)21-13-19-25(17-7-9-18(10-8-17)32(40)48-37-23(38)11-12-24(37)39)20-14-22-27(36-16(2)34(22,5)6)31(50(44,45)46)29(20)47-28(19)30(26(21)35-15)49(41,42)43/h7-10,13-16,32,35,40H,11-12H2,1-6H3,(H,41,42,43)(H,44,45,46). The number of hydrogen-bond donors (Lipinski definition) is 4. The number of hydrogen-bond acceptors (Lipinski definition) is 11. The van der Waals surface area contributed by atoms with E-state index in [1.165, 1.54) is 12.1 Å². The maximum absolute atomic E-state index is 13.2. The molecule has 14 nitrogen and oxygen atoms in total. The van der Waals surface area contributed by atoms with Gasteiger partial charge in [0.25, 0.3) is 32.1 Å². The van der Waals surface area contributed by atoms with Crippen LogP contribution in [0.5, 0.6) is 11.5 Å². The Bertz CT molecular complexity index is 2390. The summed E-state index contributed by atoms with van der Waals surface area (Å²) in [5.41, 5.74) is 0.925. The molecule has 264 valence electrons. The molecule has 4 aliphatic heterocycles. The van der Waals surface area contributed by atoms with Crippen LogP contribution in [0.1, 0.15) is 88.5 Å². The van der Waals surface area contributed by atoms with Crippen LogP contribution < -0.4 is 20.6 Å². The van der Waals surface area contributed by atoms with Crippen molar-refractivity contribution < 1.29 is 50.2 Å². The molecule has 3 aromatic rings. The number of anilines is 1. The number of benzene rings is 3. The molecule has 0 radical (unpaired) electrons. The third-order valence-corrected chi connectivity index (χ3v) is 12.4. The van der Waals surface area contributed by atoms with Crippen LogP contribution in [-0.2, 0) is 45.5 Å². The maximum Gasteiger partial charge on any atom is 0.300 e. The molecule has 0 spiro atoms. The number of nitrogens with zero attached hydrogens (tertiary/aromatic N) is 2. The topological polar surface area (TPSA) is 209 Å². The Morgan fingerprint density at radius 1 is 0.900 bits per heavy atom. The summed E-state index contributed by atoms with van der Waals surface area (Å²) in [7, 11) is -10.1. The Morgan fingerprint density at radius 2 is 1.50 bits per heavy atom. The number of aliphatic hydroxyl groups is 1. The van der Waals surface area contributed by atoms with Gasteiger partial charge in [0.05, 0.1) is 17.1 Å². The van der Waals surface area contributed by atoms with Gasteiger partial charge in [-0.05, 0) is 42.7 Å². The van der Waals surface area contributed by atoms with Gasteiger partial charge in [0, 0.05) is 51.6 Å². The van der Waals surface area contributed by atoms with Crippen LogP contribution in [-0.4, -0.2) is 60.0 Å². The van der Waals surface area contributed by atoms with Gasteiger partial charge in [0.15, 0.2) is 21.3 Å². The molecule has 0 aromatic heterocycles. The van der Waals surface area contributed by atoms with Gasteiger partial charge in [-0.1, -0.05) is 52.0 Å². The number of ether oxygens (including phenoxy) is 1. The second kappa shape index (κ2) is 10.9. The van der Waals surface area contributed by atoms with E-state index >= 15 is 0 Å². The molecule has 2 amide bonds. The number of imide groups is 1. The van der Waals surface area contributed by atoms with Crippen molar-refractivity contribution in [1.82, 2.24) is 5.06 Å². The summed E-state index contributed by atoms with van der Waals surface area (Å²) in [6.07, 6.45) is -1.78. The highest BCUT2D eigenvalue weighted by molar-refractivity contribution is 7.86. The predicted octanol–water partition coefficient (Wildman–Crippen LogP) is 3.00. The van der Waals surface area contributed by atoms with Crippen molar-refractivity contribution in [2.75, 3.05) is 5.32 Å². The molecule has 3 aromatic carbocycles. The van der Waals surface area contributed by atoms with Gasteiger partial charge < -0.3 is 15.2 Å². The smallest absolute Gasteiger partial charge is 0.300 e. The minimum atomic E-state index is -5.05. The van der Waals surface area contributed by atoms with E-state index in [2.05, 4.69) is 10.3 Å². The highest BCUT2D eigenvalue weighted by atomic mass is 32.2. The first-order valence-corrected chi connectivity index (χ1v) is 18.7. The minimum Gasteiger partial charge on any atom is -0.453 e. The van der Waals surface area contributed by atoms with Gasteiger partial charge in [-0.2, -0.15) is 21.9 Å². The molecule has 50 heavy (non-hydrogen) atoms. The first-order chi connectivity index (χ1) is 23.1. The molecule has 4 N–H and O–H groups in total. The van der Waals surface area contributed by atoms with E-state index < -0.39 is 65.0 Å². The first-order valence-electron chi connectivity index (χ1n) is 15.9. The van der Waals surface area contributed by atoms with E-state index in [0.717, 1.165) is 0 Å². The van der Waals surface area contributed by atoms with Gasteiger partial charge in [-0.25, -0.2) is 4.84 Å².